The number of benzene rings is 1. The summed E-state index contributed by atoms with van der Waals surface area (Å²) >= 11 is 0. The van der Waals surface area contributed by atoms with Crippen LogP contribution in [0.25, 0.3) is 0 Å². The first-order chi connectivity index (χ1) is 8.45. The van der Waals surface area contributed by atoms with E-state index in [1.165, 1.54) is 17.8 Å². The zero-order chi connectivity index (χ0) is 13.2. The number of hydrogen-bond donors (Lipinski definition) is 1. The highest BCUT2D eigenvalue weighted by molar-refractivity contribution is 5.33. The lowest BCUT2D eigenvalue weighted by Gasteiger charge is -2.19. The molecule has 2 aromatic rings. The molecule has 0 saturated carbocycles. The molecule has 0 unspecified atom stereocenters. The lowest BCUT2D eigenvalue weighted by atomic mass is 9.87. The van der Waals surface area contributed by atoms with Gasteiger partial charge in [-0.3, -0.25) is 4.79 Å². The molecule has 18 heavy (non-hydrogen) atoms. The zero-order valence-electron chi connectivity index (χ0n) is 10.7. The topological polar surface area (TPSA) is 55.0 Å². The van der Waals surface area contributed by atoms with Crippen molar-refractivity contribution in [3.8, 4) is 11.5 Å². The van der Waals surface area contributed by atoms with Crippen LogP contribution >= 0.6 is 0 Å². The minimum atomic E-state index is -0.279. The first-order valence-electron chi connectivity index (χ1n) is 5.78. The number of aromatic amines is 1. The largest absolute Gasteiger partial charge is 0.455 e. The van der Waals surface area contributed by atoms with Crippen LogP contribution in [-0.4, -0.2) is 10.2 Å². The number of nitrogens with zero attached hydrogens (tertiary/aromatic N) is 1. The molecule has 0 aliphatic heterocycles. The van der Waals surface area contributed by atoms with Crippen LogP contribution in [0, 0.1) is 0 Å². The molecule has 0 bridgehead atoms. The number of H-pyrrole nitrogens is 1. The number of hydrogen-bond acceptors (Lipinski definition) is 3. The van der Waals surface area contributed by atoms with Gasteiger partial charge in [0.25, 0.3) is 5.56 Å². The van der Waals surface area contributed by atoms with E-state index in [4.69, 9.17) is 4.74 Å². The van der Waals surface area contributed by atoms with E-state index in [2.05, 4.69) is 31.0 Å². The van der Waals surface area contributed by atoms with Gasteiger partial charge in [0.05, 0.1) is 6.20 Å². The van der Waals surface area contributed by atoms with Gasteiger partial charge in [0.15, 0.2) is 5.75 Å². The Labute approximate surface area is 106 Å². The van der Waals surface area contributed by atoms with E-state index in [0.717, 1.165) is 0 Å². The second-order valence-corrected chi connectivity index (χ2v) is 5.16. The van der Waals surface area contributed by atoms with Crippen LogP contribution < -0.4 is 10.3 Å². The van der Waals surface area contributed by atoms with Crippen molar-refractivity contribution in [2.24, 2.45) is 0 Å². The first kappa shape index (κ1) is 12.4. The van der Waals surface area contributed by atoms with E-state index in [1.807, 2.05) is 24.3 Å². The Morgan fingerprint density at radius 2 is 1.78 bits per heavy atom. The van der Waals surface area contributed by atoms with E-state index in [9.17, 15) is 4.79 Å². The van der Waals surface area contributed by atoms with E-state index >= 15 is 0 Å². The fourth-order valence-corrected chi connectivity index (χ4v) is 1.57. The highest BCUT2D eigenvalue weighted by atomic mass is 16.5. The molecule has 0 saturated heterocycles. The Balaban J connectivity index is 2.19. The molecule has 0 fully saturated rings. The molecular formula is C14H16N2O2. The molecule has 0 atom stereocenters. The lowest BCUT2D eigenvalue weighted by molar-refractivity contribution is 0.476. The van der Waals surface area contributed by atoms with Crippen LogP contribution in [0.4, 0.5) is 0 Å². The van der Waals surface area contributed by atoms with E-state index in [0.29, 0.717) is 11.5 Å². The van der Waals surface area contributed by atoms with Gasteiger partial charge in [-0.15, -0.1) is 0 Å². The molecule has 1 heterocycles. The van der Waals surface area contributed by atoms with Gasteiger partial charge in [-0.25, -0.2) is 5.10 Å². The molecule has 94 valence electrons. The van der Waals surface area contributed by atoms with Crippen LogP contribution in [0.1, 0.15) is 26.3 Å². The van der Waals surface area contributed by atoms with Gasteiger partial charge < -0.3 is 4.74 Å². The average molecular weight is 244 g/mol. The first-order valence-corrected chi connectivity index (χ1v) is 5.78. The Morgan fingerprint density at radius 1 is 1.11 bits per heavy atom. The predicted molar refractivity (Wildman–Crippen MR) is 70.1 cm³/mol. The van der Waals surface area contributed by atoms with Crippen molar-refractivity contribution >= 4 is 0 Å². The summed E-state index contributed by atoms with van der Waals surface area (Å²) in [5.74, 6) is 1.12. The van der Waals surface area contributed by atoms with Gasteiger partial charge in [-0.1, -0.05) is 32.9 Å². The number of aromatic nitrogens is 2. The minimum Gasteiger partial charge on any atom is -0.455 e. The third-order valence-corrected chi connectivity index (χ3v) is 2.60. The minimum absolute atomic E-state index is 0.115. The molecule has 2 rings (SSSR count). The number of ether oxygens (including phenoxy) is 1. The lowest BCUT2D eigenvalue weighted by Crippen LogP contribution is -2.10. The highest BCUT2D eigenvalue weighted by Gasteiger charge is 2.13. The molecule has 1 N–H and O–H groups in total. The van der Waals surface area contributed by atoms with Crippen molar-refractivity contribution in [1.29, 1.82) is 0 Å². The van der Waals surface area contributed by atoms with Gasteiger partial charge >= 0.3 is 0 Å². The van der Waals surface area contributed by atoms with Crippen molar-refractivity contribution in [2.75, 3.05) is 0 Å². The molecule has 0 amide bonds. The standard InChI is InChI=1S/C14H16N2O2/c1-14(2,3)10-4-6-11(7-5-10)18-12-8-13(17)16-15-9-12/h4-9H,1-3H3,(H,16,17). The average Bonchev–Trinajstić information content (AvgIpc) is 2.28. The molecule has 4 nitrogen and oxygen atoms in total. The molecule has 0 aliphatic carbocycles. The van der Waals surface area contributed by atoms with Crippen LogP contribution in [0.15, 0.2) is 41.3 Å². The molecule has 1 aromatic carbocycles. The summed E-state index contributed by atoms with van der Waals surface area (Å²) in [5.41, 5.74) is 1.07. The third-order valence-electron chi connectivity index (χ3n) is 2.60. The third kappa shape index (κ3) is 2.97. The van der Waals surface area contributed by atoms with E-state index in [-0.39, 0.29) is 11.0 Å². The number of nitrogens with one attached hydrogen (secondary N) is 1. The summed E-state index contributed by atoms with van der Waals surface area (Å²) in [6.45, 7) is 6.47. The fraction of sp³-hybridized carbons (Fsp3) is 0.286. The van der Waals surface area contributed by atoms with Crippen molar-refractivity contribution in [3.63, 3.8) is 0 Å². The molecule has 0 spiro atoms. The van der Waals surface area contributed by atoms with Gasteiger partial charge in [0.1, 0.15) is 5.75 Å². The van der Waals surface area contributed by atoms with Crippen molar-refractivity contribution in [3.05, 3.63) is 52.4 Å². The molecule has 1 aromatic heterocycles. The summed E-state index contributed by atoms with van der Waals surface area (Å²) in [6.07, 6.45) is 1.47. The predicted octanol–water partition coefficient (Wildman–Crippen LogP) is 2.86. The van der Waals surface area contributed by atoms with Crippen LogP contribution in [0.5, 0.6) is 11.5 Å². The maximum atomic E-state index is 11.1. The smallest absolute Gasteiger partial charge is 0.267 e. The van der Waals surface area contributed by atoms with Gasteiger partial charge in [-0.2, -0.15) is 5.10 Å². The summed E-state index contributed by atoms with van der Waals surface area (Å²) < 4.78 is 5.54. The monoisotopic (exact) mass is 244 g/mol. The molecule has 0 aliphatic rings. The summed E-state index contributed by atoms with van der Waals surface area (Å²) in [5, 5.41) is 5.98. The second-order valence-electron chi connectivity index (χ2n) is 5.16. The summed E-state index contributed by atoms with van der Waals surface area (Å²) in [7, 11) is 0. The van der Waals surface area contributed by atoms with Crippen molar-refractivity contribution in [1.82, 2.24) is 10.2 Å². The SMILES string of the molecule is CC(C)(C)c1ccc(Oc2cn[nH]c(=O)c2)cc1. The van der Waals surface area contributed by atoms with E-state index < -0.39 is 0 Å². The van der Waals surface area contributed by atoms with Crippen LogP contribution in [0.3, 0.4) is 0 Å². The fourth-order valence-electron chi connectivity index (χ4n) is 1.57. The highest BCUT2D eigenvalue weighted by Crippen LogP contribution is 2.26. The van der Waals surface area contributed by atoms with Crippen LogP contribution in [0.2, 0.25) is 0 Å². The molecule has 4 heteroatoms. The zero-order valence-corrected chi connectivity index (χ0v) is 10.7. The summed E-state index contributed by atoms with van der Waals surface area (Å²) in [6, 6.07) is 9.19. The van der Waals surface area contributed by atoms with Crippen LogP contribution in [-0.2, 0) is 5.41 Å². The number of rotatable bonds is 2. The van der Waals surface area contributed by atoms with Gasteiger partial charge in [0.2, 0.25) is 0 Å². The van der Waals surface area contributed by atoms with Gasteiger partial charge in [-0.05, 0) is 23.1 Å². The van der Waals surface area contributed by atoms with E-state index in [1.54, 1.807) is 0 Å². The maximum Gasteiger partial charge on any atom is 0.267 e. The Kier molecular flexibility index (Phi) is 3.19. The normalized spacial score (nSPS) is 11.3. The Bertz CT molecular complexity index is 580. The Hall–Kier alpha value is -2.10. The Morgan fingerprint density at radius 3 is 2.33 bits per heavy atom. The maximum absolute atomic E-state index is 11.1. The second kappa shape index (κ2) is 4.64. The molecular weight excluding hydrogens is 228 g/mol. The molecule has 0 radical (unpaired) electrons. The van der Waals surface area contributed by atoms with Crippen molar-refractivity contribution in [2.45, 2.75) is 26.2 Å². The van der Waals surface area contributed by atoms with Gasteiger partial charge in [0, 0.05) is 6.07 Å². The quantitative estimate of drug-likeness (QED) is 0.883. The summed E-state index contributed by atoms with van der Waals surface area (Å²) in [4.78, 5) is 11.1. The van der Waals surface area contributed by atoms with Crippen molar-refractivity contribution < 1.29 is 4.74 Å².